The quantitative estimate of drug-likeness (QED) is 0.792. The molecule has 1 amide bonds. The van der Waals surface area contributed by atoms with Crippen molar-refractivity contribution >= 4 is 6.09 Å². The number of ether oxygens (including phenoxy) is 1. The molecule has 1 fully saturated rings. The summed E-state index contributed by atoms with van der Waals surface area (Å²) in [6.45, 7) is 7.16. The average Bonchev–Trinajstić information content (AvgIpc) is 3.17. The summed E-state index contributed by atoms with van der Waals surface area (Å²) in [6, 6.07) is 11.2. The summed E-state index contributed by atoms with van der Waals surface area (Å²) in [5.74, 6) is 0.657. The van der Waals surface area contributed by atoms with Crippen LogP contribution >= 0.6 is 0 Å². The minimum atomic E-state index is -0.431. The maximum atomic E-state index is 11.5. The largest absolute Gasteiger partial charge is 0.444 e. The van der Waals surface area contributed by atoms with Crippen LogP contribution in [-0.4, -0.2) is 30.8 Å². The van der Waals surface area contributed by atoms with E-state index in [1.807, 2.05) is 20.8 Å². The highest BCUT2D eigenvalue weighted by atomic mass is 16.6. The van der Waals surface area contributed by atoms with Crippen molar-refractivity contribution in [3.63, 3.8) is 0 Å². The van der Waals surface area contributed by atoms with Gasteiger partial charge >= 0.3 is 6.09 Å². The number of carbonyl (C=O) groups excluding carboxylic acids is 1. The van der Waals surface area contributed by atoms with Crippen LogP contribution in [0.25, 0.3) is 0 Å². The molecule has 2 N–H and O–H groups in total. The Labute approximate surface area is 127 Å². The summed E-state index contributed by atoms with van der Waals surface area (Å²) in [7, 11) is 0. The molecule has 0 radical (unpaired) electrons. The van der Waals surface area contributed by atoms with Crippen molar-refractivity contribution in [2.45, 2.75) is 51.2 Å². The lowest BCUT2D eigenvalue weighted by atomic mass is 10.1. The molecule has 1 aliphatic carbocycles. The molecule has 0 unspecified atom stereocenters. The smallest absolute Gasteiger partial charge is 0.407 e. The second kappa shape index (κ2) is 6.94. The van der Waals surface area contributed by atoms with Crippen LogP contribution < -0.4 is 10.6 Å². The lowest BCUT2D eigenvalue weighted by Gasteiger charge is -2.19. The van der Waals surface area contributed by atoms with Gasteiger partial charge in [0.05, 0.1) is 0 Å². The number of carbonyl (C=O) groups is 1. The van der Waals surface area contributed by atoms with Gasteiger partial charge in [0.1, 0.15) is 5.60 Å². The lowest BCUT2D eigenvalue weighted by Crippen LogP contribution is -2.34. The van der Waals surface area contributed by atoms with Gasteiger partial charge < -0.3 is 15.4 Å². The van der Waals surface area contributed by atoms with Gasteiger partial charge in [0.2, 0.25) is 0 Å². The molecule has 4 nitrogen and oxygen atoms in total. The third-order valence-corrected chi connectivity index (χ3v) is 3.45. The maximum absolute atomic E-state index is 11.5. The van der Waals surface area contributed by atoms with Crippen molar-refractivity contribution in [3.05, 3.63) is 35.9 Å². The van der Waals surface area contributed by atoms with E-state index in [2.05, 4.69) is 41.0 Å². The van der Waals surface area contributed by atoms with Crippen molar-refractivity contribution in [1.29, 1.82) is 0 Å². The van der Waals surface area contributed by atoms with E-state index in [0.29, 0.717) is 18.5 Å². The zero-order valence-corrected chi connectivity index (χ0v) is 13.2. The normalized spacial score (nSPS) is 20.9. The van der Waals surface area contributed by atoms with E-state index in [9.17, 15) is 4.79 Å². The SMILES string of the molecule is CC(C)(C)OC(=O)NCCCN[C@@H]1C[C@H]1c1ccccc1. The number of amides is 1. The molecule has 0 spiro atoms. The summed E-state index contributed by atoms with van der Waals surface area (Å²) in [6.07, 6.45) is 1.79. The molecule has 0 aromatic heterocycles. The first-order valence-electron chi connectivity index (χ1n) is 7.71. The Hall–Kier alpha value is -1.55. The highest BCUT2D eigenvalue weighted by Gasteiger charge is 2.37. The number of hydrogen-bond donors (Lipinski definition) is 2. The van der Waals surface area contributed by atoms with E-state index in [4.69, 9.17) is 4.74 Å². The number of alkyl carbamates (subject to hydrolysis) is 1. The predicted molar refractivity (Wildman–Crippen MR) is 84.4 cm³/mol. The molecule has 2 rings (SSSR count). The Morgan fingerprint density at radius 3 is 2.62 bits per heavy atom. The van der Waals surface area contributed by atoms with Crippen molar-refractivity contribution in [2.75, 3.05) is 13.1 Å². The molecular formula is C17H26N2O2. The summed E-state index contributed by atoms with van der Waals surface area (Å²) in [5.41, 5.74) is 0.987. The van der Waals surface area contributed by atoms with E-state index in [1.165, 1.54) is 12.0 Å². The van der Waals surface area contributed by atoms with Crippen molar-refractivity contribution < 1.29 is 9.53 Å². The molecule has 21 heavy (non-hydrogen) atoms. The molecule has 2 atom stereocenters. The number of nitrogens with one attached hydrogen (secondary N) is 2. The van der Waals surface area contributed by atoms with Crippen LogP contribution in [0.15, 0.2) is 30.3 Å². The van der Waals surface area contributed by atoms with E-state index < -0.39 is 5.60 Å². The average molecular weight is 290 g/mol. The second-order valence-corrected chi connectivity index (χ2v) is 6.60. The lowest BCUT2D eigenvalue weighted by molar-refractivity contribution is 0.0527. The van der Waals surface area contributed by atoms with Gasteiger partial charge in [-0.2, -0.15) is 0 Å². The molecule has 0 heterocycles. The minimum Gasteiger partial charge on any atom is -0.444 e. The van der Waals surface area contributed by atoms with E-state index in [0.717, 1.165) is 13.0 Å². The van der Waals surface area contributed by atoms with Gasteiger partial charge in [-0.15, -0.1) is 0 Å². The topological polar surface area (TPSA) is 50.4 Å². The molecule has 1 aromatic rings. The van der Waals surface area contributed by atoms with Crippen LogP contribution in [0.2, 0.25) is 0 Å². The zero-order valence-electron chi connectivity index (χ0n) is 13.2. The van der Waals surface area contributed by atoms with Gasteiger partial charge in [-0.05, 0) is 45.7 Å². The zero-order chi connectivity index (χ0) is 15.3. The Bertz CT molecular complexity index is 454. The Kier molecular flexibility index (Phi) is 5.23. The first-order valence-corrected chi connectivity index (χ1v) is 7.71. The fraction of sp³-hybridized carbons (Fsp3) is 0.588. The van der Waals surface area contributed by atoms with Gasteiger partial charge in [-0.3, -0.25) is 0 Å². The molecule has 0 bridgehead atoms. The van der Waals surface area contributed by atoms with Gasteiger partial charge in [0.15, 0.2) is 0 Å². The van der Waals surface area contributed by atoms with E-state index >= 15 is 0 Å². The van der Waals surface area contributed by atoms with E-state index in [-0.39, 0.29) is 6.09 Å². The summed E-state index contributed by atoms with van der Waals surface area (Å²) < 4.78 is 5.18. The monoisotopic (exact) mass is 290 g/mol. The summed E-state index contributed by atoms with van der Waals surface area (Å²) in [4.78, 5) is 11.5. The first kappa shape index (κ1) is 15.8. The van der Waals surface area contributed by atoms with Crippen molar-refractivity contribution in [3.8, 4) is 0 Å². The third-order valence-electron chi connectivity index (χ3n) is 3.45. The van der Waals surface area contributed by atoms with Crippen molar-refractivity contribution in [2.24, 2.45) is 0 Å². The fourth-order valence-electron chi connectivity index (χ4n) is 2.37. The molecule has 0 saturated heterocycles. The summed E-state index contributed by atoms with van der Waals surface area (Å²) in [5, 5.41) is 6.31. The molecule has 116 valence electrons. The highest BCUT2D eigenvalue weighted by Crippen LogP contribution is 2.40. The van der Waals surface area contributed by atoms with Crippen LogP contribution in [0.3, 0.4) is 0 Å². The third kappa shape index (κ3) is 5.76. The molecule has 1 aromatic carbocycles. The van der Waals surface area contributed by atoms with Gasteiger partial charge in [0, 0.05) is 18.5 Å². The summed E-state index contributed by atoms with van der Waals surface area (Å²) >= 11 is 0. The molecule has 1 saturated carbocycles. The Morgan fingerprint density at radius 1 is 1.24 bits per heavy atom. The maximum Gasteiger partial charge on any atom is 0.407 e. The van der Waals surface area contributed by atoms with Crippen LogP contribution in [0, 0.1) is 0 Å². The second-order valence-electron chi connectivity index (χ2n) is 6.60. The fourth-order valence-corrected chi connectivity index (χ4v) is 2.37. The van der Waals surface area contributed by atoms with Crippen LogP contribution in [0.1, 0.15) is 45.1 Å². The number of benzene rings is 1. The van der Waals surface area contributed by atoms with Crippen LogP contribution in [-0.2, 0) is 4.74 Å². The highest BCUT2D eigenvalue weighted by molar-refractivity contribution is 5.67. The van der Waals surface area contributed by atoms with Gasteiger partial charge in [-0.25, -0.2) is 4.79 Å². The first-order chi connectivity index (χ1) is 9.96. The molecule has 4 heteroatoms. The van der Waals surface area contributed by atoms with Crippen molar-refractivity contribution in [1.82, 2.24) is 10.6 Å². The molecule has 1 aliphatic rings. The predicted octanol–water partition coefficient (Wildman–Crippen LogP) is 3.05. The van der Waals surface area contributed by atoms with Gasteiger partial charge in [0.25, 0.3) is 0 Å². The number of rotatable bonds is 6. The standard InChI is InChI=1S/C17H26N2O2/c1-17(2,3)21-16(20)19-11-7-10-18-15-12-14(15)13-8-5-4-6-9-13/h4-6,8-9,14-15,18H,7,10-12H2,1-3H3,(H,19,20)/t14-,15+/m0/s1. The van der Waals surface area contributed by atoms with Gasteiger partial charge in [-0.1, -0.05) is 30.3 Å². The number of hydrogen-bond acceptors (Lipinski definition) is 3. The van der Waals surface area contributed by atoms with Crippen LogP contribution in [0.4, 0.5) is 4.79 Å². The van der Waals surface area contributed by atoms with Crippen LogP contribution in [0.5, 0.6) is 0 Å². The molecular weight excluding hydrogens is 264 g/mol. The molecule has 0 aliphatic heterocycles. The Balaban J connectivity index is 1.53. The Morgan fingerprint density at radius 2 is 1.95 bits per heavy atom. The minimum absolute atomic E-state index is 0.337. The van der Waals surface area contributed by atoms with E-state index in [1.54, 1.807) is 0 Å².